The standard InChI is InChI=1S/C20H21N5OS/c21-13-16-4-6-17(7-5-16)14-24-8-2-9-25(11-10-24)15-19-22-20(23-26-19)18-3-1-12-27-18/h1,3-7,12H,2,8-11,14-15H2. The van der Waals surface area contributed by atoms with E-state index in [1.807, 2.05) is 41.8 Å². The van der Waals surface area contributed by atoms with Crippen LogP contribution in [0.3, 0.4) is 0 Å². The molecule has 0 saturated carbocycles. The second-order valence-electron chi connectivity index (χ2n) is 6.70. The summed E-state index contributed by atoms with van der Waals surface area (Å²) < 4.78 is 5.44. The molecule has 0 spiro atoms. The Balaban J connectivity index is 1.31. The summed E-state index contributed by atoms with van der Waals surface area (Å²) >= 11 is 1.62. The maximum atomic E-state index is 8.91. The molecule has 27 heavy (non-hydrogen) atoms. The number of benzene rings is 1. The van der Waals surface area contributed by atoms with Gasteiger partial charge < -0.3 is 4.52 Å². The molecular formula is C20H21N5OS. The molecule has 0 radical (unpaired) electrons. The molecule has 1 fully saturated rings. The van der Waals surface area contributed by atoms with Crippen LogP contribution in [-0.2, 0) is 13.1 Å². The largest absolute Gasteiger partial charge is 0.338 e. The summed E-state index contributed by atoms with van der Waals surface area (Å²) in [6.07, 6.45) is 1.11. The van der Waals surface area contributed by atoms with Crippen molar-refractivity contribution in [2.45, 2.75) is 19.5 Å². The molecule has 0 amide bonds. The first-order valence-corrected chi connectivity index (χ1v) is 9.98. The van der Waals surface area contributed by atoms with Crippen molar-refractivity contribution in [2.75, 3.05) is 26.2 Å². The van der Waals surface area contributed by atoms with Crippen molar-refractivity contribution in [3.63, 3.8) is 0 Å². The third-order valence-corrected chi connectivity index (χ3v) is 5.60. The van der Waals surface area contributed by atoms with Gasteiger partial charge in [0.25, 0.3) is 0 Å². The summed E-state index contributed by atoms with van der Waals surface area (Å²) in [4.78, 5) is 10.4. The maximum absolute atomic E-state index is 8.91. The lowest BCUT2D eigenvalue weighted by Gasteiger charge is -2.21. The first-order valence-electron chi connectivity index (χ1n) is 9.10. The second-order valence-corrected chi connectivity index (χ2v) is 7.65. The van der Waals surface area contributed by atoms with Crippen LogP contribution in [0.2, 0.25) is 0 Å². The molecule has 1 aromatic carbocycles. The second kappa shape index (κ2) is 8.44. The number of rotatable bonds is 5. The lowest BCUT2D eigenvalue weighted by atomic mass is 10.1. The van der Waals surface area contributed by atoms with Gasteiger partial charge in [0.2, 0.25) is 11.7 Å². The third-order valence-electron chi connectivity index (χ3n) is 4.74. The zero-order chi connectivity index (χ0) is 18.5. The van der Waals surface area contributed by atoms with Crippen molar-refractivity contribution >= 4 is 11.3 Å². The van der Waals surface area contributed by atoms with E-state index in [1.54, 1.807) is 11.3 Å². The fourth-order valence-electron chi connectivity index (χ4n) is 3.30. The number of nitriles is 1. The smallest absolute Gasteiger partial charge is 0.241 e. The van der Waals surface area contributed by atoms with Gasteiger partial charge in [-0.3, -0.25) is 9.80 Å². The molecule has 138 valence electrons. The van der Waals surface area contributed by atoms with Crippen LogP contribution < -0.4 is 0 Å². The van der Waals surface area contributed by atoms with Gasteiger partial charge in [-0.1, -0.05) is 23.4 Å². The Bertz CT molecular complexity index is 897. The highest BCUT2D eigenvalue weighted by Crippen LogP contribution is 2.21. The van der Waals surface area contributed by atoms with Crippen molar-refractivity contribution in [3.8, 4) is 16.8 Å². The molecule has 0 atom stereocenters. The average molecular weight is 379 g/mol. The fourth-order valence-corrected chi connectivity index (χ4v) is 3.95. The van der Waals surface area contributed by atoms with Crippen LogP contribution in [0.4, 0.5) is 0 Å². The summed E-state index contributed by atoms with van der Waals surface area (Å²) in [6, 6.07) is 14.0. The monoisotopic (exact) mass is 379 g/mol. The molecule has 1 aliphatic rings. The molecule has 6 nitrogen and oxygen atoms in total. The van der Waals surface area contributed by atoms with Crippen LogP contribution in [0, 0.1) is 11.3 Å². The van der Waals surface area contributed by atoms with Crippen LogP contribution in [0.1, 0.15) is 23.4 Å². The minimum atomic E-state index is 0.678. The first kappa shape index (κ1) is 17.9. The third kappa shape index (κ3) is 4.61. The molecule has 3 heterocycles. The van der Waals surface area contributed by atoms with Gasteiger partial charge >= 0.3 is 0 Å². The van der Waals surface area contributed by atoms with E-state index in [-0.39, 0.29) is 0 Å². The molecule has 3 aromatic rings. The minimum Gasteiger partial charge on any atom is -0.338 e. The number of hydrogen-bond acceptors (Lipinski definition) is 7. The number of nitrogens with zero attached hydrogens (tertiary/aromatic N) is 5. The minimum absolute atomic E-state index is 0.678. The van der Waals surface area contributed by atoms with Crippen LogP contribution >= 0.6 is 11.3 Å². The van der Waals surface area contributed by atoms with Gasteiger partial charge in [0.15, 0.2) is 0 Å². The van der Waals surface area contributed by atoms with E-state index in [1.165, 1.54) is 5.56 Å². The molecule has 0 unspecified atom stereocenters. The highest BCUT2D eigenvalue weighted by Gasteiger charge is 2.18. The van der Waals surface area contributed by atoms with Crippen molar-refractivity contribution in [3.05, 3.63) is 58.8 Å². The predicted octanol–water partition coefficient (Wildman–Crippen LogP) is 3.38. The van der Waals surface area contributed by atoms with Crippen LogP contribution in [0.5, 0.6) is 0 Å². The van der Waals surface area contributed by atoms with Crippen molar-refractivity contribution in [2.24, 2.45) is 0 Å². The first-order chi connectivity index (χ1) is 13.3. The lowest BCUT2D eigenvalue weighted by Crippen LogP contribution is -2.30. The molecule has 0 N–H and O–H groups in total. The van der Waals surface area contributed by atoms with E-state index in [0.29, 0.717) is 23.8 Å². The summed E-state index contributed by atoms with van der Waals surface area (Å²) in [5.41, 5.74) is 1.96. The molecular weight excluding hydrogens is 358 g/mol. The summed E-state index contributed by atoms with van der Waals surface area (Å²) in [5, 5.41) is 15.0. The summed E-state index contributed by atoms with van der Waals surface area (Å²) in [7, 11) is 0. The van der Waals surface area contributed by atoms with E-state index in [9.17, 15) is 0 Å². The van der Waals surface area contributed by atoms with Gasteiger partial charge in [0, 0.05) is 19.6 Å². The Hall–Kier alpha value is -2.53. The summed E-state index contributed by atoms with van der Waals surface area (Å²) in [5.74, 6) is 1.36. The lowest BCUT2D eigenvalue weighted by molar-refractivity contribution is 0.222. The van der Waals surface area contributed by atoms with Crippen molar-refractivity contribution in [1.82, 2.24) is 19.9 Å². The van der Waals surface area contributed by atoms with Crippen molar-refractivity contribution in [1.29, 1.82) is 5.26 Å². The van der Waals surface area contributed by atoms with Gasteiger partial charge in [-0.25, -0.2) is 0 Å². The van der Waals surface area contributed by atoms with Crippen LogP contribution in [0.25, 0.3) is 10.7 Å². The van der Waals surface area contributed by atoms with Crippen LogP contribution in [0.15, 0.2) is 46.3 Å². The Morgan fingerprint density at radius 2 is 1.81 bits per heavy atom. The average Bonchev–Trinajstić information content (AvgIpc) is 3.33. The van der Waals surface area contributed by atoms with Gasteiger partial charge in [-0.05, 0) is 48.7 Å². The molecule has 4 rings (SSSR count). The van der Waals surface area contributed by atoms with E-state index >= 15 is 0 Å². The zero-order valence-corrected chi connectivity index (χ0v) is 15.9. The molecule has 0 bridgehead atoms. The van der Waals surface area contributed by atoms with Gasteiger partial charge in [0.1, 0.15) is 0 Å². The maximum Gasteiger partial charge on any atom is 0.241 e. The highest BCUT2D eigenvalue weighted by molar-refractivity contribution is 7.13. The molecule has 1 saturated heterocycles. The van der Waals surface area contributed by atoms with Crippen LogP contribution in [-0.4, -0.2) is 46.1 Å². The number of hydrogen-bond donors (Lipinski definition) is 0. The molecule has 2 aromatic heterocycles. The molecule has 7 heteroatoms. The zero-order valence-electron chi connectivity index (χ0n) is 15.0. The molecule has 0 aliphatic carbocycles. The van der Waals surface area contributed by atoms with Crippen molar-refractivity contribution < 1.29 is 4.52 Å². The van der Waals surface area contributed by atoms with E-state index in [2.05, 4.69) is 26.0 Å². The number of aromatic nitrogens is 2. The van der Waals surface area contributed by atoms with Gasteiger partial charge in [-0.2, -0.15) is 10.2 Å². The van der Waals surface area contributed by atoms with Gasteiger partial charge in [0.05, 0.1) is 23.1 Å². The quantitative estimate of drug-likeness (QED) is 0.677. The van der Waals surface area contributed by atoms with E-state index in [0.717, 1.165) is 44.0 Å². The van der Waals surface area contributed by atoms with Gasteiger partial charge in [-0.15, -0.1) is 11.3 Å². The summed E-state index contributed by atoms with van der Waals surface area (Å²) in [6.45, 7) is 5.70. The van der Waals surface area contributed by atoms with E-state index in [4.69, 9.17) is 9.78 Å². The Kier molecular flexibility index (Phi) is 5.58. The Labute approximate surface area is 162 Å². The Morgan fingerprint density at radius 1 is 1.04 bits per heavy atom. The highest BCUT2D eigenvalue weighted by atomic mass is 32.1. The predicted molar refractivity (Wildman–Crippen MR) is 104 cm³/mol. The number of thiophene rings is 1. The van der Waals surface area contributed by atoms with E-state index < -0.39 is 0 Å². The normalized spacial score (nSPS) is 16.1. The molecule has 1 aliphatic heterocycles. The SMILES string of the molecule is N#Cc1ccc(CN2CCCN(Cc3nc(-c4cccs4)no3)CC2)cc1. The fraction of sp³-hybridized carbons (Fsp3) is 0.350. The topological polar surface area (TPSA) is 69.2 Å². The Morgan fingerprint density at radius 3 is 2.52 bits per heavy atom.